The standard InChI is InChI=1S/C10H12ClNO2/c1-10(12,6-9(13)14)7-2-4-8(11)5-3-7/h2-5H,6,12H2,1H3,(H,13,14)/t10-/m1/s1. The Morgan fingerprint density at radius 3 is 2.43 bits per heavy atom. The van der Waals surface area contributed by atoms with E-state index in [1.165, 1.54) is 0 Å². The van der Waals surface area contributed by atoms with E-state index in [9.17, 15) is 4.79 Å². The predicted octanol–water partition coefficient (Wildman–Crippen LogP) is 1.99. The van der Waals surface area contributed by atoms with Crippen molar-refractivity contribution in [3.05, 3.63) is 34.9 Å². The minimum atomic E-state index is -0.912. The molecule has 0 radical (unpaired) electrons. The number of benzene rings is 1. The van der Waals surface area contributed by atoms with Gasteiger partial charge in [-0.15, -0.1) is 0 Å². The lowest BCUT2D eigenvalue weighted by Crippen LogP contribution is -2.35. The summed E-state index contributed by atoms with van der Waals surface area (Å²) < 4.78 is 0. The highest BCUT2D eigenvalue weighted by Crippen LogP contribution is 2.22. The summed E-state index contributed by atoms with van der Waals surface area (Å²) in [5.74, 6) is -0.912. The van der Waals surface area contributed by atoms with Gasteiger partial charge in [0.2, 0.25) is 0 Å². The summed E-state index contributed by atoms with van der Waals surface area (Å²) in [6.45, 7) is 1.68. The highest BCUT2D eigenvalue weighted by Gasteiger charge is 2.24. The minimum absolute atomic E-state index is 0.103. The SMILES string of the molecule is C[C@@](N)(CC(=O)O)c1ccc(Cl)cc1. The summed E-state index contributed by atoms with van der Waals surface area (Å²) in [4.78, 5) is 10.5. The molecule has 0 amide bonds. The second-order valence-corrected chi connectivity index (χ2v) is 3.93. The molecule has 1 aromatic rings. The molecule has 0 fully saturated rings. The second kappa shape index (κ2) is 3.98. The van der Waals surface area contributed by atoms with Crippen LogP contribution in [0.15, 0.2) is 24.3 Å². The molecule has 3 nitrogen and oxygen atoms in total. The van der Waals surface area contributed by atoms with Crippen molar-refractivity contribution in [3.63, 3.8) is 0 Å². The van der Waals surface area contributed by atoms with Crippen molar-refractivity contribution in [2.75, 3.05) is 0 Å². The number of nitrogens with two attached hydrogens (primary N) is 1. The Morgan fingerprint density at radius 1 is 1.50 bits per heavy atom. The zero-order valence-corrected chi connectivity index (χ0v) is 8.58. The molecule has 0 aliphatic rings. The Labute approximate surface area is 87.5 Å². The summed E-state index contributed by atoms with van der Waals surface area (Å²) in [6, 6.07) is 6.88. The third-order valence-corrected chi connectivity index (χ3v) is 2.27. The highest BCUT2D eigenvalue weighted by molar-refractivity contribution is 6.30. The largest absolute Gasteiger partial charge is 0.481 e. The Bertz CT molecular complexity index is 332. The molecule has 1 aromatic carbocycles. The Kier molecular flexibility index (Phi) is 3.13. The highest BCUT2D eigenvalue weighted by atomic mass is 35.5. The third kappa shape index (κ3) is 2.72. The zero-order valence-electron chi connectivity index (χ0n) is 7.83. The van der Waals surface area contributed by atoms with Gasteiger partial charge in [0.1, 0.15) is 0 Å². The third-order valence-electron chi connectivity index (χ3n) is 2.02. The van der Waals surface area contributed by atoms with Crippen molar-refractivity contribution in [1.82, 2.24) is 0 Å². The van der Waals surface area contributed by atoms with Crippen molar-refractivity contribution in [1.29, 1.82) is 0 Å². The van der Waals surface area contributed by atoms with Gasteiger partial charge in [-0.3, -0.25) is 4.79 Å². The lowest BCUT2D eigenvalue weighted by Gasteiger charge is -2.22. The van der Waals surface area contributed by atoms with Crippen LogP contribution >= 0.6 is 11.6 Å². The van der Waals surface area contributed by atoms with E-state index in [1.807, 2.05) is 0 Å². The van der Waals surface area contributed by atoms with E-state index >= 15 is 0 Å². The van der Waals surface area contributed by atoms with Gasteiger partial charge in [-0.1, -0.05) is 23.7 Å². The maximum absolute atomic E-state index is 10.5. The van der Waals surface area contributed by atoms with Crippen LogP contribution in [-0.2, 0) is 10.3 Å². The molecule has 0 aliphatic heterocycles. The normalized spacial score (nSPS) is 14.8. The first kappa shape index (κ1) is 11.0. The fourth-order valence-corrected chi connectivity index (χ4v) is 1.37. The molecule has 0 bridgehead atoms. The van der Waals surface area contributed by atoms with E-state index in [-0.39, 0.29) is 6.42 Å². The molecule has 0 heterocycles. The van der Waals surface area contributed by atoms with Crippen LogP contribution in [0.25, 0.3) is 0 Å². The number of halogens is 1. The molecular weight excluding hydrogens is 202 g/mol. The zero-order chi connectivity index (χ0) is 10.8. The van der Waals surface area contributed by atoms with Crippen molar-refractivity contribution in [2.24, 2.45) is 5.73 Å². The van der Waals surface area contributed by atoms with Crippen LogP contribution in [0.2, 0.25) is 5.02 Å². The quantitative estimate of drug-likeness (QED) is 0.807. The molecule has 0 spiro atoms. The minimum Gasteiger partial charge on any atom is -0.481 e. The Balaban J connectivity index is 2.91. The van der Waals surface area contributed by atoms with E-state index in [0.29, 0.717) is 5.02 Å². The molecule has 76 valence electrons. The van der Waals surface area contributed by atoms with Crippen LogP contribution in [0.1, 0.15) is 18.9 Å². The van der Waals surface area contributed by atoms with Crippen LogP contribution in [0.5, 0.6) is 0 Å². The number of carbonyl (C=O) groups is 1. The van der Waals surface area contributed by atoms with Crippen LogP contribution in [0.3, 0.4) is 0 Å². The molecular formula is C10H12ClNO2. The van der Waals surface area contributed by atoms with E-state index in [4.69, 9.17) is 22.4 Å². The monoisotopic (exact) mass is 213 g/mol. The Hall–Kier alpha value is -1.06. The van der Waals surface area contributed by atoms with Crippen molar-refractivity contribution >= 4 is 17.6 Å². The van der Waals surface area contributed by atoms with Crippen molar-refractivity contribution < 1.29 is 9.90 Å². The molecule has 0 aliphatic carbocycles. The molecule has 1 atom stereocenters. The fraction of sp³-hybridized carbons (Fsp3) is 0.300. The molecule has 0 aromatic heterocycles. The summed E-state index contributed by atoms with van der Waals surface area (Å²) >= 11 is 5.71. The molecule has 4 heteroatoms. The predicted molar refractivity (Wildman–Crippen MR) is 55.2 cm³/mol. The maximum atomic E-state index is 10.5. The van der Waals surface area contributed by atoms with Gasteiger partial charge in [-0.05, 0) is 24.6 Å². The van der Waals surface area contributed by atoms with Crippen LogP contribution in [-0.4, -0.2) is 11.1 Å². The summed E-state index contributed by atoms with van der Waals surface area (Å²) in [5.41, 5.74) is 5.78. The number of rotatable bonds is 3. The number of carboxylic acid groups (broad SMARTS) is 1. The fourth-order valence-electron chi connectivity index (χ4n) is 1.25. The number of hydrogen-bond donors (Lipinski definition) is 2. The van der Waals surface area contributed by atoms with Gasteiger partial charge in [0.25, 0.3) is 0 Å². The molecule has 1 rings (SSSR count). The van der Waals surface area contributed by atoms with Gasteiger partial charge >= 0.3 is 5.97 Å². The van der Waals surface area contributed by atoms with E-state index in [1.54, 1.807) is 31.2 Å². The maximum Gasteiger partial charge on any atom is 0.305 e. The van der Waals surface area contributed by atoms with Gasteiger partial charge < -0.3 is 10.8 Å². The van der Waals surface area contributed by atoms with Gasteiger partial charge in [-0.2, -0.15) is 0 Å². The molecule has 3 N–H and O–H groups in total. The first-order valence-electron chi connectivity index (χ1n) is 4.18. The summed E-state index contributed by atoms with van der Waals surface area (Å²) in [6.07, 6.45) is -0.103. The molecule has 0 saturated carbocycles. The van der Waals surface area contributed by atoms with Crippen molar-refractivity contribution in [3.8, 4) is 0 Å². The summed E-state index contributed by atoms with van der Waals surface area (Å²) in [7, 11) is 0. The van der Waals surface area contributed by atoms with E-state index < -0.39 is 11.5 Å². The van der Waals surface area contributed by atoms with Gasteiger partial charge in [0.15, 0.2) is 0 Å². The van der Waals surface area contributed by atoms with E-state index in [0.717, 1.165) is 5.56 Å². The summed E-state index contributed by atoms with van der Waals surface area (Å²) in [5, 5.41) is 9.27. The van der Waals surface area contributed by atoms with Crippen molar-refractivity contribution in [2.45, 2.75) is 18.9 Å². The average molecular weight is 214 g/mol. The number of aliphatic carboxylic acids is 1. The topological polar surface area (TPSA) is 63.3 Å². The smallest absolute Gasteiger partial charge is 0.305 e. The first-order valence-corrected chi connectivity index (χ1v) is 4.56. The van der Waals surface area contributed by atoms with Crippen LogP contribution in [0, 0.1) is 0 Å². The second-order valence-electron chi connectivity index (χ2n) is 3.49. The van der Waals surface area contributed by atoms with Gasteiger partial charge in [0, 0.05) is 10.6 Å². The number of carboxylic acids is 1. The molecule has 0 unspecified atom stereocenters. The number of hydrogen-bond acceptors (Lipinski definition) is 2. The van der Waals surface area contributed by atoms with E-state index in [2.05, 4.69) is 0 Å². The lowest BCUT2D eigenvalue weighted by atomic mass is 9.90. The molecule has 0 saturated heterocycles. The average Bonchev–Trinajstić information content (AvgIpc) is 2.02. The van der Waals surface area contributed by atoms with Crippen LogP contribution < -0.4 is 5.73 Å². The first-order chi connectivity index (χ1) is 6.42. The van der Waals surface area contributed by atoms with Crippen LogP contribution in [0.4, 0.5) is 0 Å². The van der Waals surface area contributed by atoms with Gasteiger partial charge in [0.05, 0.1) is 6.42 Å². The molecule has 14 heavy (non-hydrogen) atoms. The Morgan fingerprint density at radius 2 is 2.00 bits per heavy atom. The lowest BCUT2D eigenvalue weighted by molar-refractivity contribution is -0.138. The van der Waals surface area contributed by atoms with Gasteiger partial charge in [-0.25, -0.2) is 0 Å².